The molecule has 0 fully saturated rings. The highest BCUT2D eigenvalue weighted by atomic mass is 16.6. The lowest BCUT2D eigenvalue weighted by molar-refractivity contribution is -0.156. The molecule has 0 radical (unpaired) electrons. The van der Waals surface area contributed by atoms with Gasteiger partial charge in [0.15, 0.2) is 0 Å². The summed E-state index contributed by atoms with van der Waals surface area (Å²) in [5.74, 6) is -0.983. The maximum absolute atomic E-state index is 12.7. The largest absolute Gasteiger partial charge is 0.457 e. The van der Waals surface area contributed by atoms with Gasteiger partial charge in [-0.15, -0.1) is 0 Å². The number of aliphatic hydroxyl groups is 1. The Morgan fingerprint density at radius 3 is 2.61 bits per heavy atom. The molecule has 0 bridgehead atoms. The van der Waals surface area contributed by atoms with Crippen molar-refractivity contribution < 1.29 is 33.7 Å². The molecule has 1 aliphatic heterocycles. The van der Waals surface area contributed by atoms with Crippen LogP contribution >= 0.6 is 0 Å². The van der Waals surface area contributed by atoms with E-state index in [0.29, 0.717) is 19.4 Å². The first-order chi connectivity index (χ1) is 17.8. The lowest BCUT2D eigenvalue weighted by Gasteiger charge is -2.32. The Kier molecular flexibility index (Phi) is 14.4. The van der Waals surface area contributed by atoms with E-state index in [1.54, 1.807) is 24.9 Å². The topological polar surface area (TPSA) is 102 Å². The quantitative estimate of drug-likeness (QED) is 0.177. The number of ether oxygens (including phenoxy) is 3. The van der Waals surface area contributed by atoms with E-state index in [1.807, 2.05) is 52.0 Å². The number of nitrogens with zero attached hydrogens (tertiary/aromatic N) is 1. The van der Waals surface area contributed by atoms with Crippen molar-refractivity contribution in [3.63, 3.8) is 0 Å². The number of esters is 2. The van der Waals surface area contributed by atoms with Gasteiger partial charge >= 0.3 is 18.0 Å². The zero-order valence-electron chi connectivity index (χ0n) is 24.6. The number of carbonyl (C=O) groups is 3. The van der Waals surface area contributed by atoms with Gasteiger partial charge in [0, 0.05) is 38.8 Å². The van der Waals surface area contributed by atoms with Gasteiger partial charge in [0.25, 0.3) is 0 Å². The van der Waals surface area contributed by atoms with Gasteiger partial charge in [0.2, 0.25) is 0 Å². The van der Waals surface area contributed by atoms with Crippen LogP contribution < -0.4 is 0 Å². The first kappa shape index (κ1) is 33.4. The van der Waals surface area contributed by atoms with Gasteiger partial charge in [0.1, 0.15) is 17.8 Å². The maximum atomic E-state index is 12.7. The van der Waals surface area contributed by atoms with Crippen LogP contribution in [0, 0.1) is 17.8 Å². The summed E-state index contributed by atoms with van der Waals surface area (Å²) in [6.07, 6.45) is 10.7. The molecule has 0 aliphatic carbocycles. The molecule has 1 aliphatic rings. The fourth-order valence-electron chi connectivity index (χ4n) is 4.15. The molecule has 0 saturated carbocycles. The average molecular weight is 536 g/mol. The summed E-state index contributed by atoms with van der Waals surface area (Å²) < 4.78 is 16.7. The Morgan fingerprint density at radius 2 is 1.97 bits per heavy atom. The van der Waals surface area contributed by atoms with Crippen LogP contribution in [0.2, 0.25) is 0 Å². The smallest absolute Gasteiger partial charge is 0.409 e. The second-order valence-electron chi connectivity index (χ2n) is 11.0. The van der Waals surface area contributed by atoms with Gasteiger partial charge in [-0.05, 0) is 50.7 Å². The molecule has 1 N–H and O–H groups in total. The lowest BCUT2D eigenvalue weighted by atomic mass is 9.87. The molecule has 216 valence electrons. The number of amides is 1. The van der Waals surface area contributed by atoms with E-state index < -0.39 is 23.8 Å². The summed E-state index contributed by atoms with van der Waals surface area (Å²) in [5, 5.41) is 11.0. The van der Waals surface area contributed by atoms with Crippen LogP contribution in [0.5, 0.6) is 0 Å². The van der Waals surface area contributed by atoms with Gasteiger partial charge in [0.05, 0.1) is 6.61 Å². The van der Waals surface area contributed by atoms with Crippen molar-refractivity contribution >= 4 is 18.0 Å². The maximum Gasteiger partial charge on any atom is 0.409 e. The van der Waals surface area contributed by atoms with E-state index in [0.717, 1.165) is 18.4 Å². The summed E-state index contributed by atoms with van der Waals surface area (Å²) in [6, 6.07) is 0. The summed E-state index contributed by atoms with van der Waals surface area (Å²) in [5.41, 5.74) is -0.414. The van der Waals surface area contributed by atoms with Crippen LogP contribution in [0.15, 0.2) is 36.0 Å². The molecule has 1 rings (SSSR count). The van der Waals surface area contributed by atoms with Gasteiger partial charge in [-0.2, -0.15) is 0 Å². The zero-order valence-corrected chi connectivity index (χ0v) is 24.6. The number of allylic oxidation sites excluding steroid dienone is 2. The molecule has 0 aromatic heterocycles. The van der Waals surface area contributed by atoms with Crippen molar-refractivity contribution in [3.05, 3.63) is 36.0 Å². The molecule has 0 aromatic rings. The van der Waals surface area contributed by atoms with E-state index in [2.05, 4.69) is 6.92 Å². The molecule has 0 saturated heterocycles. The summed E-state index contributed by atoms with van der Waals surface area (Å²) in [6.45, 7) is 13.7. The van der Waals surface area contributed by atoms with Crippen molar-refractivity contribution in [1.29, 1.82) is 0 Å². The van der Waals surface area contributed by atoms with Crippen molar-refractivity contribution in [2.45, 2.75) is 98.4 Å². The molecular formula is C30H49NO7. The molecule has 38 heavy (non-hydrogen) atoms. The highest BCUT2D eigenvalue weighted by molar-refractivity contribution is 5.70. The van der Waals surface area contributed by atoms with Crippen molar-refractivity contribution in [3.8, 4) is 0 Å². The van der Waals surface area contributed by atoms with Crippen LogP contribution in [0.1, 0.15) is 80.6 Å². The van der Waals surface area contributed by atoms with E-state index >= 15 is 0 Å². The predicted octanol–water partition coefficient (Wildman–Crippen LogP) is 5.60. The number of hydrogen-bond acceptors (Lipinski definition) is 7. The average Bonchev–Trinajstić information content (AvgIpc) is 2.84. The van der Waals surface area contributed by atoms with E-state index in [4.69, 9.17) is 14.2 Å². The summed E-state index contributed by atoms with van der Waals surface area (Å²) in [4.78, 5) is 38.1. The summed E-state index contributed by atoms with van der Waals surface area (Å²) >= 11 is 0. The predicted molar refractivity (Wildman–Crippen MR) is 148 cm³/mol. The number of rotatable bonds is 9. The minimum Gasteiger partial charge on any atom is -0.457 e. The van der Waals surface area contributed by atoms with Gasteiger partial charge in [-0.25, -0.2) is 4.79 Å². The highest BCUT2D eigenvalue weighted by Crippen LogP contribution is 2.28. The van der Waals surface area contributed by atoms with Crippen LogP contribution in [-0.4, -0.2) is 66.0 Å². The zero-order chi connectivity index (χ0) is 28.9. The molecule has 0 spiro atoms. The summed E-state index contributed by atoms with van der Waals surface area (Å²) in [7, 11) is 1.74. The Labute approximate surface area is 229 Å². The molecule has 1 amide bonds. The standard InChI is InChI=1S/C30H49NO7/c1-9-10-18-31(8)29(34)36-20-22(3)12-11-13-23(4)28-24(5)14-15-26(37-25(6)32)30(7,35)17-16-21(2)19-27(33)38-28/h11-15,21-22,24,26,28,35H,9-10,16-20H2,1-8H3/b12-11+,15-14+,23-13+/t21-,22-,24+,26+,28-,30-/m1/s1. The highest BCUT2D eigenvalue weighted by Gasteiger charge is 2.34. The molecule has 6 atom stereocenters. The van der Waals surface area contributed by atoms with Crippen molar-refractivity contribution in [2.75, 3.05) is 20.2 Å². The van der Waals surface area contributed by atoms with E-state index in [-0.39, 0.29) is 42.8 Å². The second-order valence-corrected chi connectivity index (χ2v) is 11.0. The minimum atomic E-state index is -1.26. The Bertz CT molecular complexity index is 861. The van der Waals surface area contributed by atoms with E-state index in [9.17, 15) is 19.5 Å². The Morgan fingerprint density at radius 1 is 1.29 bits per heavy atom. The molecule has 0 aromatic carbocycles. The molecule has 8 heteroatoms. The van der Waals surface area contributed by atoms with Crippen molar-refractivity contribution in [2.24, 2.45) is 17.8 Å². The van der Waals surface area contributed by atoms with Crippen molar-refractivity contribution in [1.82, 2.24) is 4.90 Å². The molecule has 1 heterocycles. The third-order valence-electron chi connectivity index (χ3n) is 6.77. The van der Waals surface area contributed by atoms with Gasteiger partial charge < -0.3 is 24.2 Å². The Balaban J connectivity index is 2.99. The normalized spacial score (nSPS) is 29.0. The third-order valence-corrected chi connectivity index (χ3v) is 6.77. The number of unbranched alkanes of at least 4 members (excludes halogenated alkanes) is 1. The fourth-order valence-corrected chi connectivity index (χ4v) is 4.15. The number of cyclic esters (lactones) is 1. The first-order valence-corrected chi connectivity index (χ1v) is 13.8. The first-order valence-electron chi connectivity index (χ1n) is 13.8. The van der Waals surface area contributed by atoms with Crippen LogP contribution in [0.25, 0.3) is 0 Å². The minimum absolute atomic E-state index is 0.0000688. The third kappa shape index (κ3) is 12.3. The van der Waals surface area contributed by atoms with Gasteiger partial charge in [-0.1, -0.05) is 58.4 Å². The molecule has 8 nitrogen and oxygen atoms in total. The van der Waals surface area contributed by atoms with Crippen LogP contribution in [-0.2, 0) is 23.8 Å². The molecule has 0 unspecified atom stereocenters. The fraction of sp³-hybridized carbons (Fsp3) is 0.700. The second kappa shape index (κ2) is 16.4. The monoisotopic (exact) mass is 535 g/mol. The Hall–Kier alpha value is -2.61. The van der Waals surface area contributed by atoms with Gasteiger partial charge in [-0.3, -0.25) is 9.59 Å². The van der Waals surface area contributed by atoms with Crippen LogP contribution in [0.3, 0.4) is 0 Å². The number of carbonyl (C=O) groups excluding carboxylic acids is 3. The molecular weight excluding hydrogens is 486 g/mol. The lowest BCUT2D eigenvalue weighted by Crippen LogP contribution is -2.41. The number of hydrogen-bond donors (Lipinski definition) is 1. The SMILES string of the molecule is CCCCN(C)C(=O)OC[C@H](C)/C=C/C=C(\C)[C@H]1OC(=O)C[C@H](C)CC[C@@](C)(O)[C@@H](OC(C)=O)/C=C/[C@@H]1C. The van der Waals surface area contributed by atoms with Crippen LogP contribution in [0.4, 0.5) is 4.79 Å². The van der Waals surface area contributed by atoms with E-state index in [1.165, 1.54) is 6.92 Å².